The minimum atomic E-state index is -0.830. The summed E-state index contributed by atoms with van der Waals surface area (Å²) in [4.78, 5) is 18.9. The number of carboxylic acid groups (broad SMARTS) is 1. The van der Waals surface area contributed by atoms with Crippen molar-refractivity contribution in [3.8, 4) is 11.3 Å². The van der Waals surface area contributed by atoms with Crippen LogP contribution in [-0.4, -0.2) is 29.1 Å². The Balaban J connectivity index is 1.96. The number of aliphatic carboxylic acids is 1. The molecule has 1 aliphatic heterocycles. The van der Waals surface area contributed by atoms with Gasteiger partial charge in [0.2, 0.25) is 0 Å². The van der Waals surface area contributed by atoms with Gasteiger partial charge in [-0.3, -0.25) is 4.79 Å². The van der Waals surface area contributed by atoms with E-state index in [2.05, 4.69) is 4.90 Å². The van der Waals surface area contributed by atoms with Crippen molar-refractivity contribution < 1.29 is 9.90 Å². The van der Waals surface area contributed by atoms with Crippen LogP contribution in [0.3, 0.4) is 0 Å². The highest BCUT2D eigenvalue weighted by atomic mass is 35.5. The number of anilines is 1. The third-order valence-corrected chi connectivity index (χ3v) is 5.11. The van der Waals surface area contributed by atoms with Crippen molar-refractivity contribution in [3.63, 3.8) is 0 Å². The minimum Gasteiger partial charge on any atom is -0.481 e. The summed E-state index contributed by atoms with van der Waals surface area (Å²) in [6.45, 7) is 2.00. The lowest BCUT2D eigenvalue weighted by atomic mass is 10.1. The van der Waals surface area contributed by atoms with Crippen molar-refractivity contribution in [3.05, 3.63) is 34.2 Å². The predicted octanol–water partition coefficient (Wildman–Crippen LogP) is 4.08. The van der Waals surface area contributed by atoms with Crippen molar-refractivity contribution in [1.29, 1.82) is 0 Å². The third-order valence-electron chi connectivity index (χ3n) is 3.74. The van der Waals surface area contributed by atoms with E-state index in [9.17, 15) is 4.79 Å². The summed E-state index contributed by atoms with van der Waals surface area (Å²) >= 11 is 7.42. The summed E-state index contributed by atoms with van der Waals surface area (Å²) in [6, 6.07) is 7.40. The highest BCUT2D eigenvalue weighted by Crippen LogP contribution is 2.35. The van der Waals surface area contributed by atoms with Crippen LogP contribution >= 0.6 is 22.9 Å². The van der Waals surface area contributed by atoms with E-state index in [0.29, 0.717) is 5.02 Å². The lowest BCUT2D eigenvalue weighted by Crippen LogP contribution is -2.29. The number of rotatable bonds is 4. The monoisotopic (exact) mass is 336 g/mol. The Morgan fingerprint density at radius 1 is 1.23 bits per heavy atom. The molecule has 1 saturated heterocycles. The summed E-state index contributed by atoms with van der Waals surface area (Å²) in [7, 11) is 0. The Morgan fingerprint density at radius 3 is 2.55 bits per heavy atom. The first-order chi connectivity index (χ1) is 10.6. The molecule has 2 heterocycles. The number of hydrogen-bond donors (Lipinski definition) is 1. The van der Waals surface area contributed by atoms with Gasteiger partial charge in [0, 0.05) is 28.6 Å². The number of benzene rings is 1. The average molecular weight is 337 g/mol. The quantitative estimate of drug-likeness (QED) is 0.914. The molecule has 4 nitrogen and oxygen atoms in total. The predicted molar refractivity (Wildman–Crippen MR) is 90.0 cm³/mol. The van der Waals surface area contributed by atoms with Crippen LogP contribution in [0.4, 0.5) is 5.13 Å². The number of halogens is 1. The maximum absolute atomic E-state index is 11.1. The van der Waals surface area contributed by atoms with E-state index in [1.165, 1.54) is 30.6 Å². The van der Waals surface area contributed by atoms with Gasteiger partial charge in [-0.05, 0) is 31.4 Å². The standard InChI is InChI=1S/C16H17ClN2O2S/c17-12-6-4-11(5-7-12)15-13(10-14(20)21)22-16(18-15)19-8-2-1-3-9-19/h4-7H,1-3,8-10H2,(H,20,21). The van der Waals surface area contributed by atoms with Gasteiger partial charge in [-0.1, -0.05) is 23.7 Å². The summed E-state index contributed by atoms with van der Waals surface area (Å²) in [5, 5.41) is 10.7. The molecule has 1 aliphatic rings. The van der Waals surface area contributed by atoms with Crippen LogP contribution in [0.1, 0.15) is 24.1 Å². The second-order valence-electron chi connectivity index (χ2n) is 5.39. The first kappa shape index (κ1) is 15.3. The molecule has 0 bridgehead atoms. The zero-order chi connectivity index (χ0) is 15.5. The van der Waals surface area contributed by atoms with E-state index in [4.69, 9.17) is 21.7 Å². The van der Waals surface area contributed by atoms with Crippen LogP contribution in [0, 0.1) is 0 Å². The molecule has 22 heavy (non-hydrogen) atoms. The fourth-order valence-corrected chi connectivity index (χ4v) is 3.90. The molecule has 0 radical (unpaired) electrons. The minimum absolute atomic E-state index is 0.00344. The molecular formula is C16H17ClN2O2S. The van der Waals surface area contributed by atoms with Gasteiger partial charge in [0.25, 0.3) is 0 Å². The van der Waals surface area contributed by atoms with Crippen molar-refractivity contribution in [2.24, 2.45) is 0 Å². The van der Waals surface area contributed by atoms with E-state index >= 15 is 0 Å². The number of carbonyl (C=O) groups is 1. The molecule has 1 aromatic carbocycles. The van der Waals surface area contributed by atoms with Crippen LogP contribution in [0.2, 0.25) is 5.02 Å². The van der Waals surface area contributed by atoms with Crippen LogP contribution < -0.4 is 4.90 Å². The smallest absolute Gasteiger partial charge is 0.308 e. The number of piperidine rings is 1. The highest BCUT2D eigenvalue weighted by Gasteiger charge is 2.20. The number of aromatic nitrogens is 1. The van der Waals surface area contributed by atoms with Gasteiger partial charge in [-0.2, -0.15) is 0 Å². The molecule has 1 fully saturated rings. The Morgan fingerprint density at radius 2 is 1.91 bits per heavy atom. The maximum Gasteiger partial charge on any atom is 0.308 e. The summed E-state index contributed by atoms with van der Waals surface area (Å²) in [5.41, 5.74) is 1.68. The summed E-state index contributed by atoms with van der Waals surface area (Å²) in [5.74, 6) is -0.830. The molecular weight excluding hydrogens is 320 g/mol. The van der Waals surface area contributed by atoms with Crippen LogP contribution in [0.5, 0.6) is 0 Å². The van der Waals surface area contributed by atoms with Gasteiger partial charge >= 0.3 is 5.97 Å². The fourth-order valence-electron chi connectivity index (χ4n) is 2.65. The van der Waals surface area contributed by atoms with Gasteiger partial charge in [-0.25, -0.2) is 4.98 Å². The van der Waals surface area contributed by atoms with Crippen LogP contribution in [-0.2, 0) is 11.2 Å². The van der Waals surface area contributed by atoms with Crippen molar-refractivity contribution in [1.82, 2.24) is 4.98 Å². The number of thiazole rings is 1. The van der Waals surface area contributed by atoms with E-state index in [1.807, 2.05) is 12.1 Å². The molecule has 0 spiro atoms. The summed E-state index contributed by atoms with van der Waals surface area (Å²) in [6.07, 6.45) is 3.60. The molecule has 0 saturated carbocycles. The fraction of sp³-hybridized carbons (Fsp3) is 0.375. The van der Waals surface area contributed by atoms with Gasteiger partial charge in [0.05, 0.1) is 12.1 Å². The molecule has 6 heteroatoms. The first-order valence-electron chi connectivity index (χ1n) is 7.36. The molecule has 0 unspecified atom stereocenters. The van der Waals surface area contributed by atoms with Crippen LogP contribution in [0.15, 0.2) is 24.3 Å². The Kier molecular flexibility index (Phi) is 4.64. The molecule has 1 N–H and O–H groups in total. The van der Waals surface area contributed by atoms with Crippen molar-refractivity contribution >= 4 is 34.0 Å². The van der Waals surface area contributed by atoms with Gasteiger partial charge in [-0.15, -0.1) is 11.3 Å². The van der Waals surface area contributed by atoms with Gasteiger partial charge in [0.15, 0.2) is 5.13 Å². The topological polar surface area (TPSA) is 53.4 Å². The van der Waals surface area contributed by atoms with Crippen molar-refractivity contribution in [2.45, 2.75) is 25.7 Å². The van der Waals surface area contributed by atoms with Crippen molar-refractivity contribution in [2.75, 3.05) is 18.0 Å². The normalized spacial score (nSPS) is 15.0. The van der Waals surface area contributed by atoms with Gasteiger partial charge < -0.3 is 10.0 Å². The zero-order valence-corrected chi connectivity index (χ0v) is 13.7. The molecule has 0 atom stereocenters. The molecule has 1 aromatic heterocycles. The Labute approximate surface area is 138 Å². The second kappa shape index (κ2) is 6.67. The lowest BCUT2D eigenvalue weighted by Gasteiger charge is -2.25. The van der Waals surface area contributed by atoms with E-state index in [0.717, 1.165) is 34.4 Å². The SMILES string of the molecule is O=C(O)Cc1sc(N2CCCCC2)nc1-c1ccc(Cl)cc1. The molecule has 116 valence electrons. The number of nitrogens with zero attached hydrogens (tertiary/aromatic N) is 2. The van der Waals surface area contributed by atoms with E-state index in [-0.39, 0.29) is 6.42 Å². The maximum atomic E-state index is 11.1. The molecule has 0 aliphatic carbocycles. The Hall–Kier alpha value is -1.59. The number of hydrogen-bond acceptors (Lipinski definition) is 4. The molecule has 3 rings (SSSR count). The largest absolute Gasteiger partial charge is 0.481 e. The highest BCUT2D eigenvalue weighted by molar-refractivity contribution is 7.16. The lowest BCUT2D eigenvalue weighted by molar-refractivity contribution is -0.136. The second-order valence-corrected chi connectivity index (χ2v) is 6.89. The number of carboxylic acids is 1. The van der Waals surface area contributed by atoms with Crippen LogP contribution in [0.25, 0.3) is 11.3 Å². The third kappa shape index (κ3) is 3.42. The van der Waals surface area contributed by atoms with E-state index in [1.54, 1.807) is 12.1 Å². The Bertz CT molecular complexity index is 663. The van der Waals surface area contributed by atoms with Gasteiger partial charge in [0.1, 0.15) is 0 Å². The zero-order valence-electron chi connectivity index (χ0n) is 12.1. The molecule has 0 amide bonds. The average Bonchev–Trinajstić information content (AvgIpc) is 2.92. The molecule has 2 aromatic rings. The van der Waals surface area contributed by atoms with E-state index < -0.39 is 5.97 Å². The summed E-state index contributed by atoms with van der Waals surface area (Å²) < 4.78 is 0. The first-order valence-corrected chi connectivity index (χ1v) is 8.55.